The third-order valence-corrected chi connectivity index (χ3v) is 7.97. The zero-order valence-electron chi connectivity index (χ0n) is 23.4. The highest BCUT2D eigenvalue weighted by molar-refractivity contribution is 5.95. The van der Waals surface area contributed by atoms with Crippen LogP contribution in [0.1, 0.15) is 48.5 Å². The number of benzene rings is 2. The molecule has 1 N–H and O–H groups in total. The predicted molar refractivity (Wildman–Crippen MR) is 154 cm³/mol. The molecule has 5 rings (SSSR count). The van der Waals surface area contributed by atoms with E-state index < -0.39 is 6.29 Å². The number of rotatable bonds is 9. The molecule has 1 amide bonds. The van der Waals surface area contributed by atoms with E-state index in [0.29, 0.717) is 38.3 Å². The smallest absolute Gasteiger partial charge is 0.288 e. The SMILES string of the molecule is CCO[C@@H]1OC(C(=O)N2CCN(Cc3ccccc3)CC2)=C[C@H](c2cn(C(C)=O)c3ccccc23)[C@H]1CCCO. The molecule has 3 aromatic rings. The van der Waals surface area contributed by atoms with Crippen molar-refractivity contribution in [3.05, 3.63) is 83.8 Å². The molecule has 1 fully saturated rings. The van der Waals surface area contributed by atoms with E-state index in [1.54, 1.807) is 11.5 Å². The summed E-state index contributed by atoms with van der Waals surface area (Å²) >= 11 is 0. The van der Waals surface area contributed by atoms with E-state index in [4.69, 9.17) is 9.47 Å². The Morgan fingerprint density at radius 3 is 2.45 bits per heavy atom. The molecule has 1 aromatic heterocycles. The fraction of sp³-hybridized carbons (Fsp3) is 0.438. The zero-order chi connectivity index (χ0) is 28.1. The molecule has 0 saturated carbocycles. The van der Waals surface area contributed by atoms with Gasteiger partial charge in [0.15, 0.2) is 5.76 Å². The van der Waals surface area contributed by atoms with E-state index in [0.717, 1.165) is 36.1 Å². The second-order valence-electron chi connectivity index (χ2n) is 10.6. The quantitative estimate of drug-likeness (QED) is 0.429. The Balaban J connectivity index is 1.43. The molecular weight excluding hydrogens is 506 g/mol. The van der Waals surface area contributed by atoms with Crippen LogP contribution in [0.15, 0.2) is 72.6 Å². The number of aromatic nitrogens is 1. The molecule has 3 atom stereocenters. The summed E-state index contributed by atoms with van der Waals surface area (Å²) in [4.78, 5) is 30.5. The lowest BCUT2D eigenvalue weighted by Gasteiger charge is -2.39. The van der Waals surface area contributed by atoms with Crippen molar-refractivity contribution in [2.75, 3.05) is 39.4 Å². The topological polar surface area (TPSA) is 84.2 Å². The molecule has 0 unspecified atom stereocenters. The number of carbonyl (C=O) groups excluding carboxylic acids is 2. The largest absolute Gasteiger partial charge is 0.459 e. The minimum absolute atomic E-state index is 0.0556. The van der Waals surface area contributed by atoms with E-state index in [-0.39, 0.29) is 30.3 Å². The van der Waals surface area contributed by atoms with Crippen molar-refractivity contribution >= 4 is 22.7 Å². The Labute approximate surface area is 235 Å². The maximum absolute atomic E-state index is 13.8. The van der Waals surface area contributed by atoms with Crippen molar-refractivity contribution in [2.24, 2.45) is 5.92 Å². The Morgan fingerprint density at radius 2 is 1.75 bits per heavy atom. The molecule has 2 aliphatic heterocycles. The van der Waals surface area contributed by atoms with Crippen LogP contribution in [0.25, 0.3) is 10.9 Å². The first-order valence-corrected chi connectivity index (χ1v) is 14.3. The number of ether oxygens (including phenoxy) is 2. The molecule has 40 heavy (non-hydrogen) atoms. The van der Waals surface area contributed by atoms with Crippen LogP contribution in [0.5, 0.6) is 0 Å². The average molecular weight is 546 g/mol. The number of amides is 1. The summed E-state index contributed by atoms with van der Waals surface area (Å²) in [6.45, 7) is 7.63. The summed E-state index contributed by atoms with van der Waals surface area (Å²) < 4.78 is 14.0. The van der Waals surface area contributed by atoms with Crippen molar-refractivity contribution in [2.45, 2.75) is 45.4 Å². The summed E-state index contributed by atoms with van der Waals surface area (Å²) in [5, 5.41) is 10.6. The molecule has 0 spiro atoms. The van der Waals surface area contributed by atoms with Gasteiger partial charge in [0, 0.05) is 76.3 Å². The van der Waals surface area contributed by atoms with Crippen LogP contribution in [0.4, 0.5) is 0 Å². The Hall–Kier alpha value is -3.46. The minimum atomic E-state index is -0.635. The lowest BCUT2D eigenvalue weighted by molar-refractivity contribution is -0.171. The third-order valence-electron chi connectivity index (χ3n) is 7.97. The Bertz CT molecular complexity index is 1340. The fourth-order valence-corrected chi connectivity index (χ4v) is 5.95. The van der Waals surface area contributed by atoms with Gasteiger partial charge in [0.25, 0.3) is 5.91 Å². The highest BCUT2D eigenvalue weighted by Crippen LogP contribution is 2.42. The van der Waals surface area contributed by atoms with E-state index in [1.807, 2.05) is 54.4 Å². The first kappa shape index (κ1) is 28.1. The predicted octanol–water partition coefficient (Wildman–Crippen LogP) is 4.39. The number of hydrogen-bond donors (Lipinski definition) is 1. The number of aliphatic hydroxyl groups excluding tert-OH is 1. The van der Waals surface area contributed by atoms with Gasteiger partial charge < -0.3 is 19.5 Å². The van der Waals surface area contributed by atoms with Gasteiger partial charge in [0.05, 0.1) is 5.52 Å². The van der Waals surface area contributed by atoms with Crippen molar-refractivity contribution in [3.63, 3.8) is 0 Å². The summed E-state index contributed by atoms with van der Waals surface area (Å²) in [7, 11) is 0. The molecule has 0 radical (unpaired) electrons. The number of piperazine rings is 1. The van der Waals surface area contributed by atoms with Crippen molar-refractivity contribution in [3.8, 4) is 0 Å². The summed E-state index contributed by atoms with van der Waals surface area (Å²) in [6.07, 6.45) is 4.41. The van der Waals surface area contributed by atoms with Crippen LogP contribution in [0.2, 0.25) is 0 Å². The summed E-state index contributed by atoms with van der Waals surface area (Å²) in [5.74, 6) is -0.264. The number of fused-ring (bicyclic) bond motifs is 1. The van der Waals surface area contributed by atoms with E-state index in [1.165, 1.54) is 5.56 Å². The van der Waals surface area contributed by atoms with Gasteiger partial charge in [-0.05, 0) is 43.0 Å². The van der Waals surface area contributed by atoms with Crippen LogP contribution in [-0.2, 0) is 20.8 Å². The zero-order valence-corrected chi connectivity index (χ0v) is 23.4. The minimum Gasteiger partial charge on any atom is -0.459 e. The second-order valence-corrected chi connectivity index (χ2v) is 10.6. The van der Waals surface area contributed by atoms with Crippen molar-refractivity contribution in [1.82, 2.24) is 14.4 Å². The van der Waals surface area contributed by atoms with Crippen LogP contribution in [0.3, 0.4) is 0 Å². The molecular formula is C32H39N3O5. The van der Waals surface area contributed by atoms with Crippen LogP contribution < -0.4 is 0 Å². The number of aliphatic hydroxyl groups is 1. The van der Waals surface area contributed by atoms with Gasteiger partial charge >= 0.3 is 0 Å². The maximum atomic E-state index is 13.8. The van der Waals surface area contributed by atoms with Gasteiger partial charge in [-0.25, -0.2) is 0 Å². The maximum Gasteiger partial charge on any atom is 0.288 e. The molecule has 2 aromatic carbocycles. The molecule has 0 bridgehead atoms. The van der Waals surface area contributed by atoms with Gasteiger partial charge in [-0.1, -0.05) is 48.5 Å². The lowest BCUT2D eigenvalue weighted by atomic mass is 9.80. The van der Waals surface area contributed by atoms with E-state index in [9.17, 15) is 14.7 Å². The Kier molecular flexibility index (Phi) is 8.99. The Morgan fingerprint density at radius 1 is 1.02 bits per heavy atom. The lowest BCUT2D eigenvalue weighted by Crippen LogP contribution is -2.49. The number of allylic oxidation sites excluding steroid dienone is 1. The monoisotopic (exact) mass is 545 g/mol. The second kappa shape index (κ2) is 12.8. The molecule has 8 nitrogen and oxygen atoms in total. The van der Waals surface area contributed by atoms with Gasteiger partial charge in [0.1, 0.15) is 0 Å². The normalized spacial score (nSPS) is 21.7. The summed E-state index contributed by atoms with van der Waals surface area (Å²) in [5.41, 5.74) is 3.06. The highest BCUT2D eigenvalue weighted by atomic mass is 16.7. The summed E-state index contributed by atoms with van der Waals surface area (Å²) in [6, 6.07) is 18.2. The highest BCUT2D eigenvalue weighted by Gasteiger charge is 2.40. The van der Waals surface area contributed by atoms with Crippen LogP contribution in [0, 0.1) is 5.92 Å². The van der Waals surface area contributed by atoms with Gasteiger partial charge in [-0.15, -0.1) is 0 Å². The van der Waals surface area contributed by atoms with Gasteiger partial charge in [-0.2, -0.15) is 0 Å². The van der Waals surface area contributed by atoms with E-state index in [2.05, 4.69) is 29.2 Å². The molecule has 3 heterocycles. The van der Waals surface area contributed by atoms with Crippen LogP contribution >= 0.6 is 0 Å². The molecule has 8 heteroatoms. The fourth-order valence-electron chi connectivity index (χ4n) is 5.95. The molecule has 0 aliphatic carbocycles. The van der Waals surface area contributed by atoms with Crippen molar-refractivity contribution in [1.29, 1.82) is 0 Å². The number of carbonyl (C=O) groups is 2. The first-order chi connectivity index (χ1) is 19.5. The molecule has 2 aliphatic rings. The average Bonchev–Trinajstić information content (AvgIpc) is 3.37. The number of hydrogen-bond acceptors (Lipinski definition) is 6. The molecule has 1 saturated heterocycles. The molecule has 212 valence electrons. The van der Waals surface area contributed by atoms with E-state index >= 15 is 0 Å². The third kappa shape index (κ3) is 5.99. The van der Waals surface area contributed by atoms with Crippen molar-refractivity contribution < 1.29 is 24.2 Å². The van der Waals surface area contributed by atoms with Crippen LogP contribution in [-0.4, -0.2) is 77.0 Å². The standard InChI is InChI=1S/C32H39N3O5/c1-3-39-32-26(13-9-19-36)27(28-22-35(23(2)37)29-14-8-7-12-25(28)29)20-30(40-32)31(38)34-17-15-33(16-18-34)21-24-10-5-4-6-11-24/h4-8,10-12,14,20,22,26-27,32,36H,3,9,13,15-19,21H2,1-2H3/t26-,27+,32-/m1/s1. The number of nitrogens with zero attached hydrogens (tertiary/aromatic N) is 3. The number of para-hydroxylation sites is 1. The van der Waals surface area contributed by atoms with Gasteiger partial charge in [-0.3, -0.25) is 19.1 Å². The first-order valence-electron chi connectivity index (χ1n) is 14.3. The van der Waals surface area contributed by atoms with Gasteiger partial charge in [0.2, 0.25) is 12.2 Å².